The maximum Gasteiger partial charge on any atom is 0.267 e. The van der Waals surface area contributed by atoms with Gasteiger partial charge >= 0.3 is 0 Å². The summed E-state index contributed by atoms with van der Waals surface area (Å²) in [5, 5.41) is 11.8. The fraction of sp³-hybridized carbons (Fsp3) is 0.429. The van der Waals surface area contributed by atoms with Crippen LogP contribution in [-0.4, -0.2) is 26.4 Å². The molecule has 0 atom stereocenters. The van der Waals surface area contributed by atoms with Crippen LogP contribution in [0.1, 0.15) is 56.3 Å². The maximum atomic E-state index is 13.0. The first-order valence-electron chi connectivity index (χ1n) is 9.96. The fourth-order valence-electron chi connectivity index (χ4n) is 3.27. The normalized spacial score (nSPS) is 11.2. The van der Waals surface area contributed by atoms with Crippen LogP contribution in [0, 0.1) is 5.41 Å². The van der Waals surface area contributed by atoms with Gasteiger partial charge in [0.2, 0.25) is 0 Å². The van der Waals surface area contributed by atoms with E-state index in [0.717, 1.165) is 32.1 Å². The predicted octanol–water partition coefficient (Wildman–Crippen LogP) is 2.85. The van der Waals surface area contributed by atoms with Crippen molar-refractivity contribution in [2.75, 3.05) is 6.54 Å². The molecule has 0 saturated carbocycles. The van der Waals surface area contributed by atoms with Crippen LogP contribution >= 0.6 is 0 Å². The molecule has 3 heterocycles. The summed E-state index contributed by atoms with van der Waals surface area (Å²) in [5.74, 6) is -0.314. The van der Waals surface area contributed by atoms with Crippen LogP contribution in [0.15, 0.2) is 35.3 Å². The third-order valence-corrected chi connectivity index (χ3v) is 4.86. The van der Waals surface area contributed by atoms with E-state index in [1.165, 1.54) is 10.5 Å². The SMILES string of the molecule is CCCCCNC(=O)c1cc2c(=O)n3ccccc3nc2n(CCCC)c1=N. The second-order valence-electron chi connectivity index (χ2n) is 6.96. The molecule has 0 fully saturated rings. The van der Waals surface area contributed by atoms with Crippen molar-refractivity contribution in [3.63, 3.8) is 0 Å². The average Bonchev–Trinajstić information content (AvgIpc) is 2.70. The monoisotopic (exact) mass is 381 g/mol. The van der Waals surface area contributed by atoms with Gasteiger partial charge in [-0.3, -0.25) is 19.4 Å². The van der Waals surface area contributed by atoms with Gasteiger partial charge in [0.1, 0.15) is 16.8 Å². The maximum absolute atomic E-state index is 13.0. The molecule has 0 aliphatic heterocycles. The molecule has 0 aliphatic rings. The molecule has 0 unspecified atom stereocenters. The van der Waals surface area contributed by atoms with E-state index in [0.29, 0.717) is 29.8 Å². The molecule has 0 radical (unpaired) electrons. The molecule has 3 aromatic heterocycles. The van der Waals surface area contributed by atoms with Crippen molar-refractivity contribution >= 4 is 22.6 Å². The summed E-state index contributed by atoms with van der Waals surface area (Å²) in [6, 6.07) is 6.88. The Morgan fingerprint density at radius 2 is 1.96 bits per heavy atom. The minimum Gasteiger partial charge on any atom is -0.352 e. The van der Waals surface area contributed by atoms with E-state index >= 15 is 0 Å². The fourth-order valence-corrected chi connectivity index (χ4v) is 3.27. The number of hydrogen-bond donors (Lipinski definition) is 2. The lowest BCUT2D eigenvalue weighted by molar-refractivity contribution is 0.0950. The number of aromatic nitrogens is 3. The van der Waals surface area contributed by atoms with Gasteiger partial charge in [0, 0.05) is 19.3 Å². The summed E-state index contributed by atoms with van der Waals surface area (Å²) >= 11 is 0. The first kappa shape index (κ1) is 19.8. The summed E-state index contributed by atoms with van der Waals surface area (Å²) in [7, 11) is 0. The number of carbonyl (C=O) groups is 1. The minimum absolute atomic E-state index is 0.0983. The van der Waals surface area contributed by atoms with E-state index in [-0.39, 0.29) is 22.5 Å². The van der Waals surface area contributed by atoms with Gasteiger partial charge in [-0.1, -0.05) is 39.2 Å². The number of rotatable bonds is 8. The summed E-state index contributed by atoms with van der Waals surface area (Å²) in [6.45, 7) is 5.27. The number of nitrogens with zero attached hydrogens (tertiary/aromatic N) is 3. The van der Waals surface area contributed by atoms with Crippen LogP contribution in [0.4, 0.5) is 0 Å². The van der Waals surface area contributed by atoms with Crippen molar-refractivity contribution in [3.05, 3.63) is 51.9 Å². The van der Waals surface area contributed by atoms with Crippen molar-refractivity contribution in [3.8, 4) is 0 Å². The highest BCUT2D eigenvalue weighted by Crippen LogP contribution is 2.11. The molecular weight excluding hydrogens is 354 g/mol. The second kappa shape index (κ2) is 8.82. The van der Waals surface area contributed by atoms with Crippen LogP contribution in [0.3, 0.4) is 0 Å². The Kier molecular flexibility index (Phi) is 6.23. The summed E-state index contributed by atoms with van der Waals surface area (Å²) in [4.78, 5) is 30.3. The highest BCUT2D eigenvalue weighted by atomic mass is 16.1. The zero-order valence-electron chi connectivity index (χ0n) is 16.5. The van der Waals surface area contributed by atoms with Crippen molar-refractivity contribution < 1.29 is 4.79 Å². The number of hydrogen-bond acceptors (Lipinski definition) is 4. The lowest BCUT2D eigenvalue weighted by Gasteiger charge is -2.14. The Labute approximate surface area is 163 Å². The zero-order chi connectivity index (χ0) is 20.1. The minimum atomic E-state index is -0.314. The molecule has 3 rings (SSSR count). The smallest absolute Gasteiger partial charge is 0.267 e. The Bertz CT molecular complexity index is 1110. The van der Waals surface area contributed by atoms with Crippen LogP contribution in [0.25, 0.3) is 16.7 Å². The van der Waals surface area contributed by atoms with Crippen molar-refractivity contribution in [2.24, 2.45) is 0 Å². The van der Waals surface area contributed by atoms with Crippen molar-refractivity contribution in [1.82, 2.24) is 19.3 Å². The summed E-state index contributed by atoms with van der Waals surface area (Å²) in [6.07, 6.45) is 6.45. The second-order valence-corrected chi connectivity index (χ2v) is 6.96. The number of carbonyl (C=O) groups excluding carboxylic acids is 1. The highest BCUT2D eigenvalue weighted by Gasteiger charge is 2.17. The first-order valence-corrected chi connectivity index (χ1v) is 9.96. The molecule has 0 bridgehead atoms. The third kappa shape index (κ3) is 3.83. The Morgan fingerprint density at radius 1 is 1.18 bits per heavy atom. The third-order valence-electron chi connectivity index (χ3n) is 4.86. The molecular formula is C21H27N5O2. The van der Waals surface area contributed by atoms with E-state index in [9.17, 15) is 9.59 Å². The summed E-state index contributed by atoms with van der Waals surface area (Å²) < 4.78 is 3.16. The van der Waals surface area contributed by atoms with Gasteiger partial charge < -0.3 is 9.88 Å². The van der Waals surface area contributed by atoms with Crippen LogP contribution < -0.4 is 16.4 Å². The predicted molar refractivity (Wildman–Crippen MR) is 110 cm³/mol. The van der Waals surface area contributed by atoms with E-state index < -0.39 is 0 Å². The Morgan fingerprint density at radius 3 is 2.71 bits per heavy atom. The zero-order valence-corrected chi connectivity index (χ0v) is 16.5. The van der Waals surface area contributed by atoms with Crippen molar-refractivity contribution in [2.45, 2.75) is 52.5 Å². The van der Waals surface area contributed by atoms with E-state index in [2.05, 4.69) is 24.1 Å². The molecule has 7 heteroatoms. The van der Waals surface area contributed by atoms with Gasteiger partial charge in [-0.15, -0.1) is 0 Å². The van der Waals surface area contributed by atoms with Crippen LogP contribution in [0.5, 0.6) is 0 Å². The summed E-state index contributed by atoms with van der Waals surface area (Å²) in [5.41, 5.74) is 1.07. The largest absolute Gasteiger partial charge is 0.352 e. The van der Waals surface area contributed by atoms with E-state index in [4.69, 9.17) is 5.41 Å². The van der Waals surface area contributed by atoms with Crippen molar-refractivity contribution in [1.29, 1.82) is 5.41 Å². The molecule has 2 N–H and O–H groups in total. The number of amides is 1. The first-order chi connectivity index (χ1) is 13.6. The topological polar surface area (TPSA) is 92.2 Å². The molecule has 0 aliphatic carbocycles. The number of fused-ring (bicyclic) bond motifs is 2. The van der Waals surface area contributed by atoms with Crippen LogP contribution in [-0.2, 0) is 6.54 Å². The number of unbranched alkanes of at least 4 members (excludes halogenated alkanes) is 3. The highest BCUT2D eigenvalue weighted by molar-refractivity contribution is 5.96. The standard InChI is InChI=1S/C21H27N5O2/c1-3-5-8-11-23-20(27)15-14-16-19(26(18(15)22)12-6-4-2)24-17-10-7-9-13-25(17)21(16)28/h7,9-10,13-14,22H,3-6,8,11-12H2,1-2H3,(H,23,27). The van der Waals surface area contributed by atoms with E-state index in [1.54, 1.807) is 22.9 Å². The molecule has 0 aromatic carbocycles. The van der Waals surface area contributed by atoms with E-state index in [1.807, 2.05) is 6.07 Å². The number of pyridine rings is 2. The Balaban J connectivity index is 2.17. The molecule has 0 spiro atoms. The molecule has 0 saturated heterocycles. The molecule has 1 amide bonds. The lowest BCUT2D eigenvalue weighted by atomic mass is 10.1. The van der Waals surface area contributed by atoms with Gasteiger partial charge in [-0.2, -0.15) is 0 Å². The molecule has 3 aromatic rings. The number of nitrogens with one attached hydrogen (secondary N) is 2. The Hall–Kier alpha value is -2.96. The van der Waals surface area contributed by atoms with Gasteiger partial charge in [0.15, 0.2) is 0 Å². The van der Waals surface area contributed by atoms with Gasteiger partial charge in [0.05, 0.1) is 10.9 Å². The molecule has 7 nitrogen and oxygen atoms in total. The number of aryl methyl sites for hydroxylation is 1. The van der Waals surface area contributed by atoms with Gasteiger partial charge in [-0.25, -0.2) is 4.98 Å². The van der Waals surface area contributed by atoms with Crippen LogP contribution in [0.2, 0.25) is 0 Å². The van der Waals surface area contributed by atoms with Gasteiger partial charge in [0.25, 0.3) is 11.5 Å². The molecule has 28 heavy (non-hydrogen) atoms. The molecule has 148 valence electrons. The van der Waals surface area contributed by atoms with Gasteiger partial charge in [-0.05, 0) is 31.0 Å². The lowest BCUT2D eigenvalue weighted by Crippen LogP contribution is -2.35. The quantitative estimate of drug-likeness (QED) is 0.464. The average molecular weight is 381 g/mol.